The van der Waals surface area contributed by atoms with Gasteiger partial charge in [0.15, 0.2) is 0 Å². The van der Waals surface area contributed by atoms with E-state index in [0.717, 1.165) is 19.5 Å². The lowest BCUT2D eigenvalue weighted by Crippen LogP contribution is -2.47. The van der Waals surface area contributed by atoms with Crippen molar-refractivity contribution >= 4 is 7.91 Å². The van der Waals surface area contributed by atoms with Crippen molar-refractivity contribution in [3.8, 4) is 0 Å². The first-order valence-electron chi connectivity index (χ1n) is 6.51. The van der Waals surface area contributed by atoms with Crippen LogP contribution in [0.1, 0.15) is 12.0 Å². The van der Waals surface area contributed by atoms with Crippen LogP contribution in [0.15, 0.2) is 30.3 Å². The van der Waals surface area contributed by atoms with Gasteiger partial charge in [0.05, 0.1) is 12.7 Å². The highest BCUT2D eigenvalue weighted by atomic mass is 31.2. The lowest BCUT2D eigenvalue weighted by atomic mass is 9.94. The van der Waals surface area contributed by atoms with Crippen molar-refractivity contribution in [3.63, 3.8) is 0 Å². The molecule has 2 saturated heterocycles. The Morgan fingerprint density at radius 2 is 2.16 bits per heavy atom. The average Bonchev–Trinajstić information content (AvgIpc) is 2.38. The summed E-state index contributed by atoms with van der Waals surface area (Å²) < 4.78 is 34.1. The molecular formula is C13H17FNO3P. The monoisotopic (exact) mass is 285 g/mol. The maximum Gasteiger partial charge on any atom is 0.513 e. The highest BCUT2D eigenvalue weighted by Gasteiger charge is 2.42. The fourth-order valence-electron chi connectivity index (χ4n) is 2.70. The molecule has 1 aromatic rings. The van der Waals surface area contributed by atoms with Gasteiger partial charge in [-0.25, -0.2) is 4.57 Å². The van der Waals surface area contributed by atoms with Crippen LogP contribution in [-0.2, 0) is 20.2 Å². The van der Waals surface area contributed by atoms with E-state index in [1.807, 2.05) is 18.2 Å². The van der Waals surface area contributed by atoms with E-state index in [4.69, 9.17) is 4.52 Å². The predicted octanol–water partition coefficient (Wildman–Crippen LogP) is 3.00. The first-order valence-corrected chi connectivity index (χ1v) is 7.95. The van der Waals surface area contributed by atoms with Gasteiger partial charge in [-0.15, -0.1) is 4.20 Å². The molecule has 4 nitrogen and oxygen atoms in total. The first kappa shape index (κ1) is 13.3. The molecule has 0 aromatic heterocycles. The molecule has 104 valence electrons. The number of benzene rings is 1. The zero-order chi connectivity index (χ0) is 13.3. The molecule has 3 atom stereocenters. The summed E-state index contributed by atoms with van der Waals surface area (Å²) in [6, 6.07) is 10.1. The molecule has 0 amide bonds. The SMILES string of the molecule is O=[P@]1(F)OC[C@@H]2CCN(Cc3ccccc3)C[C@H]2O1. The third-order valence-corrected chi connectivity index (χ3v) is 4.71. The van der Waals surface area contributed by atoms with Crippen LogP contribution in [0.2, 0.25) is 0 Å². The number of hydrogen-bond acceptors (Lipinski definition) is 4. The zero-order valence-electron chi connectivity index (χ0n) is 10.6. The van der Waals surface area contributed by atoms with Crippen LogP contribution in [0, 0.1) is 5.92 Å². The molecule has 0 aliphatic carbocycles. The van der Waals surface area contributed by atoms with E-state index in [2.05, 4.69) is 21.6 Å². The van der Waals surface area contributed by atoms with Gasteiger partial charge in [-0.1, -0.05) is 30.3 Å². The molecule has 0 radical (unpaired) electrons. The maximum absolute atomic E-state index is 13.3. The van der Waals surface area contributed by atoms with Crippen molar-refractivity contribution in [3.05, 3.63) is 35.9 Å². The molecule has 0 N–H and O–H groups in total. The molecule has 0 spiro atoms. The Morgan fingerprint density at radius 1 is 1.37 bits per heavy atom. The van der Waals surface area contributed by atoms with Gasteiger partial charge < -0.3 is 0 Å². The second-order valence-electron chi connectivity index (χ2n) is 5.14. The van der Waals surface area contributed by atoms with Crippen molar-refractivity contribution in [1.29, 1.82) is 0 Å². The molecule has 0 saturated carbocycles. The minimum Gasteiger partial charge on any atom is -0.296 e. The number of piperidine rings is 1. The van der Waals surface area contributed by atoms with Crippen molar-refractivity contribution in [2.45, 2.75) is 19.1 Å². The molecule has 6 heteroatoms. The van der Waals surface area contributed by atoms with E-state index in [1.165, 1.54) is 5.56 Å². The van der Waals surface area contributed by atoms with E-state index in [1.54, 1.807) is 0 Å². The minimum absolute atomic E-state index is 0.157. The van der Waals surface area contributed by atoms with Crippen LogP contribution in [-0.4, -0.2) is 30.7 Å². The summed E-state index contributed by atoms with van der Waals surface area (Å²) in [6.45, 7) is 2.55. The fraction of sp³-hybridized carbons (Fsp3) is 0.538. The number of fused-ring (bicyclic) bond motifs is 1. The fourth-order valence-corrected chi connectivity index (χ4v) is 3.69. The lowest BCUT2D eigenvalue weighted by Gasteiger charge is -2.40. The van der Waals surface area contributed by atoms with E-state index < -0.39 is 7.91 Å². The van der Waals surface area contributed by atoms with Gasteiger partial charge in [0.25, 0.3) is 0 Å². The summed E-state index contributed by atoms with van der Waals surface area (Å²) in [5.41, 5.74) is 1.22. The Bertz CT molecular complexity index is 484. The van der Waals surface area contributed by atoms with Crippen LogP contribution in [0.25, 0.3) is 0 Å². The molecule has 0 bridgehead atoms. The van der Waals surface area contributed by atoms with E-state index in [9.17, 15) is 8.76 Å². The lowest BCUT2D eigenvalue weighted by molar-refractivity contribution is -0.0378. The van der Waals surface area contributed by atoms with E-state index >= 15 is 0 Å². The molecule has 2 heterocycles. The van der Waals surface area contributed by atoms with Crippen LogP contribution in [0.5, 0.6) is 0 Å². The van der Waals surface area contributed by atoms with Crippen molar-refractivity contribution in [2.75, 3.05) is 19.7 Å². The van der Waals surface area contributed by atoms with Gasteiger partial charge in [0.2, 0.25) is 0 Å². The Balaban J connectivity index is 1.63. The predicted molar refractivity (Wildman–Crippen MR) is 69.4 cm³/mol. The normalized spacial score (nSPS) is 35.8. The third-order valence-electron chi connectivity index (χ3n) is 3.73. The molecule has 19 heavy (non-hydrogen) atoms. The first-order chi connectivity index (χ1) is 9.12. The molecule has 2 aliphatic heterocycles. The largest absolute Gasteiger partial charge is 0.513 e. The number of hydrogen-bond donors (Lipinski definition) is 0. The summed E-state index contributed by atoms with van der Waals surface area (Å²) in [7, 11) is -4.31. The second-order valence-corrected chi connectivity index (χ2v) is 6.47. The Hall–Kier alpha value is -0.740. The smallest absolute Gasteiger partial charge is 0.296 e. The summed E-state index contributed by atoms with van der Waals surface area (Å²) in [6.07, 6.45) is 0.569. The van der Waals surface area contributed by atoms with E-state index in [0.29, 0.717) is 6.54 Å². The summed E-state index contributed by atoms with van der Waals surface area (Å²) in [5.74, 6) is 0.157. The molecule has 3 rings (SSSR count). The molecule has 1 aromatic carbocycles. The molecular weight excluding hydrogens is 268 g/mol. The van der Waals surface area contributed by atoms with Gasteiger partial charge in [0.1, 0.15) is 0 Å². The van der Waals surface area contributed by atoms with Gasteiger partial charge in [-0.2, -0.15) is 0 Å². The quantitative estimate of drug-likeness (QED) is 0.783. The second kappa shape index (κ2) is 5.33. The summed E-state index contributed by atoms with van der Waals surface area (Å²) >= 11 is 0. The van der Waals surface area contributed by atoms with Gasteiger partial charge in [0, 0.05) is 19.0 Å². The number of halogens is 1. The average molecular weight is 285 g/mol. The Kier molecular flexibility index (Phi) is 3.72. The highest BCUT2D eigenvalue weighted by molar-refractivity contribution is 7.48. The van der Waals surface area contributed by atoms with Crippen LogP contribution < -0.4 is 0 Å². The Labute approximate surface area is 112 Å². The standard InChI is InChI=1S/C13H17FNO3P/c14-19(16)17-10-12-6-7-15(9-13(12)18-19)8-11-4-2-1-3-5-11/h1-5,12-13H,6-10H2/t12-,13+,19+/m0/s1. The third kappa shape index (κ3) is 3.23. The summed E-state index contributed by atoms with van der Waals surface area (Å²) in [4.78, 5) is 2.21. The molecule has 2 aliphatic rings. The van der Waals surface area contributed by atoms with E-state index in [-0.39, 0.29) is 18.6 Å². The number of nitrogens with zero attached hydrogens (tertiary/aromatic N) is 1. The molecule has 2 fully saturated rings. The highest BCUT2D eigenvalue weighted by Crippen LogP contribution is 2.55. The van der Waals surface area contributed by atoms with Crippen LogP contribution in [0.4, 0.5) is 4.20 Å². The minimum atomic E-state index is -4.31. The van der Waals surface area contributed by atoms with Gasteiger partial charge in [-0.05, 0) is 18.5 Å². The zero-order valence-corrected chi connectivity index (χ0v) is 11.5. The van der Waals surface area contributed by atoms with Crippen molar-refractivity contribution in [2.24, 2.45) is 5.92 Å². The van der Waals surface area contributed by atoms with Crippen LogP contribution in [0.3, 0.4) is 0 Å². The van der Waals surface area contributed by atoms with Crippen molar-refractivity contribution in [1.82, 2.24) is 4.90 Å². The maximum atomic E-state index is 13.3. The van der Waals surface area contributed by atoms with Crippen molar-refractivity contribution < 1.29 is 17.8 Å². The van der Waals surface area contributed by atoms with Gasteiger partial charge >= 0.3 is 7.91 Å². The number of likely N-dealkylation sites (tertiary alicyclic amines) is 1. The van der Waals surface area contributed by atoms with Gasteiger partial charge in [-0.3, -0.25) is 13.9 Å². The summed E-state index contributed by atoms with van der Waals surface area (Å²) in [5, 5.41) is 0. The number of rotatable bonds is 2. The topological polar surface area (TPSA) is 38.8 Å². The van der Waals surface area contributed by atoms with Crippen LogP contribution >= 0.6 is 7.91 Å². The Morgan fingerprint density at radius 3 is 2.95 bits per heavy atom. The molecule has 0 unspecified atom stereocenters.